The third kappa shape index (κ3) is 3.77. The Morgan fingerprint density at radius 2 is 2.22 bits per heavy atom. The van der Waals surface area contributed by atoms with Gasteiger partial charge in [-0.15, -0.1) is 11.3 Å². The Morgan fingerprint density at radius 1 is 1.44 bits per heavy atom. The third-order valence-electron chi connectivity index (χ3n) is 3.17. The summed E-state index contributed by atoms with van der Waals surface area (Å²) in [5.74, 6) is 0. The van der Waals surface area contributed by atoms with Crippen molar-refractivity contribution in [2.45, 2.75) is 65.1 Å². The van der Waals surface area contributed by atoms with E-state index in [1.54, 1.807) is 0 Å². The molecule has 1 atom stereocenters. The molecule has 1 aromatic heterocycles. The number of aromatic nitrogens is 1. The van der Waals surface area contributed by atoms with Crippen molar-refractivity contribution < 1.29 is 4.74 Å². The van der Waals surface area contributed by atoms with Crippen molar-refractivity contribution in [3.63, 3.8) is 0 Å². The summed E-state index contributed by atoms with van der Waals surface area (Å²) in [4.78, 5) is 6.18. The Bertz CT molecular complexity index is 374. The van der Waals surface area contributed by atoms with E-state index in [-0.39, 0.29) is 6.10 Å². The second-order valence-electron chi connectivity index (χ2n) is 4.92. The molecule has 0 bridgehead atoms. The second kappa shape index (κ2) is 6.64. The van der Waals surface area contributed by atoms with Crippen LogP contribution in [0.1, 0.15) is 61.7 Å². The van der Waals surface area contributed by atoms with Gasteiger partial charge in [-0.1, -0.05) is 13.3 Å². The molecule has 1 aromatic rings. The fourth-order valence-corrected chi connectivity index (χ4v) is 3.06. The molecule has 4 heteroatoms. The maximum atomic E-state index is 5.64. The number of nitrogens with one attached hydrogen (secondary N) is 1. The molecule has 18 heavy (non-hydrogen) atoms. The maximum Gasteiger partial charge on any atom is 0.122 e. The summed E-state index contributed by atoms with van der Waals surface area (Å²) in [7, 11) is 0. The number of rotatable bonds is 8. The number of hydrogen-bond acceptors (Lipinski definition) is 4. The first kappa shape index (κ1) is 14.0. The molecule has 0 saturated heterocycles. The van der Waals surface area contributed by atoms with Crippen LogP contribution in [0.25, 0.3) is 0 Å². The summed E-state index contributed by atoms with van der Waals surface area (Å²) in [6.07, 6.45) is 5.04. The topological polar surface area (TPSA) is 34.1 Å². The van der Waals surface area contributed by atoms with Crippen LogP contribution in [0.4, 0.5) is 0 Å². The number of nitrogens with zero attached hydrogens (tertiary/aromatic N) is 1. The van der Waals surface area contributed by atoms with Crippen LogP contribution in [-0.4, -0.2) is 17.6 Å². The van der Waals surface area contributed by atoms with E-state index in [0.29, 0.717) is 0 Å². The Kier molecular flexibility index (Phi) is 5.15. The third-order valence-corrected chi connectivity index (χ3v) is 4.43. The van der Waals surface area contributed by atoms with Crippen LogP contribution in [0.15, 0.2) is 0 Å². The van der Waals surface area contributed by atoms with Crippen LogP contribution in [0.5, 0.6) is 0 Å². The Morgan fingerprint density at radius 3 is 2.83 bits per heavy atom. The van der Waals surface area contributed by atoms with Gasteiger partial charge in [0.2, 0.25) is 0 Å². The highest BCUT2D eigenvalue weighted by molar-refractivity contribution is 7.11. The van der Waals surface area contributed by atoms with Gasteiger partial charge in [-0.2, -0.15) is 0 Å². The minimum Gasteiger partial charge on any atom is -0.372 e. The van der Waals surface area contributed by atoms with E-state index in [2.05, 4.69) is 19.2 Å². The molecule has 1 fully saturated rings. The summed E-state index contributed by atoms with van der Waals surface area (Å²) in [5, 5.41) is 4.72. The van der Waals surface area contributed by atoms with E-state index < -0.39 is 0 Å². The number of aryl methyl sites for hydroxylation is 1. The van der Waals surface area contributed by atoms with Crippen LogP contribution in [-0.2, 0) is 17.7 Å². The molecular weight excluding hydrogens is 244 g/mol. The minimum absolute atomic E-state index is 0.130. The largest absolute Gasteiger partial charge is 0.372 e. The fourth-order valence-electron chi connectivity index (χ4n) is 1.99. The fraction of sp³-hybridized carbons (Fsp3) is 0.786. The molecule has 2 rings (SSSR count). The normalized spacial score (nSPS) is 17.1. The Hall–Kier alpha value is -0.450. The van der Waals surface area contributed by atoms with Crippen molar-refractivity contribution >= 4 is 11.3 Å². The van der Waals surface area contributed by atoms with Gasteiger partial charge in [-0.25, -0.2) is 4.98 Å². The Balaban J connectivity index is 2.03. The molecule has 0 amide bonds. The molecular formula is C14H24N2OS. The molecule has 1 unspecified atom stereocenters. The minimum atomic E-state index is 0.130. The van der Waals surface area contributed by atoms with Gasteiger partial charge in [0.15, 0.2) is 0 Å². The van der Waals surface area contributed by atoms with Gasteiger partial charge in [0.05, 0.1) is 5.69 Å². The average molecular weight is 268 g/mol. The molecule has 0 aliphatic heterocycles. The molecule has 3 nitrogen and oxygen atoms in total. The zero-order valence-electron chi connectivity index (χ0n) is 11.7. The molecule has 1 saturated carbocycles. The predicted molar refractivity (Wildman–Crippen MR) is 76.0 cm³/mol. The van der Waals surface area contributed by atoms with Gasteiger partial charge in [0, 0.05) is 24.1 Å². The lowest BCUT2D eigenvalue weighted by Gasteiger charge is -2.06. The SMILES string of the molecule is CCCc1nc(C(C)OCC)sc1CNC1CC1. The zero-order valence-corrected chi connectivity index (χ0v) is 12.5. The highest BCUT2D eigenvalue weighted by Gasteiger charge is 2.22. The molecule has 1 heterocycles. The molecule has 1 N–H and O–H groups in total. The summed E-state index contributed by atoms with van der Waals surface area (Å²) < 4.78 is 5.64. The van der Waals surface area contributed by atoms with Gasteiger partial charge < -0.3 is 10.1 Å². The van der Waals surface area contributed by atoms with Crippen LogP contribution in [0, 0.1) is 0 Å². The maximum absolute atomic E-state index is 5.64. The van der Waals surface area contributed by atoms with Gasteiger partial charge >= 0.3 is 0 Å². The summed E-state index contributed by atoms with van der Waals surface area (Å²) in [6.45, 7) is 8.07. The van der Waals surface area contributed by atoms with Gasteiger partial charge in [0.25, 0.3) is 0 Å². The van der Waals surface area contributed by atoms with Crippen LogP contribution >= 0.6 is 11.3 Å². The van der Waals surface area contributed by atoms with E-state index in [1.165, 1.54) is 23.4 Å². The highest BCUT2D eigenvalue weighted by atomic mass is 32.1. The summed E-state index contributed by atoms with van der Waals surface area (Å²) in [5.41, 5.74) is 1.28. The standard InChI is InChI=1S/C14H24N2OS/c1-4-6-12-13(9-15-11-7-8-11)18-14(16-12)10(3)17-5-2/h10-11,15H,4-9H2,1-3H3. The average Bonchev–Trinajstić information content (AvgIpc) is 3.09. The highest BCUT2D eigenvalue weighted by Crippen LogP contribution is 2.28. The quantitative estimate of drug-likeness (QED) is 0.784. The first-order valence-electron chi connectivity index (χ1n) is 7.08. The van der Waals surface area contributed by atoms with E-state index in [0.717, 1.165) is 37.0 Å². The molecule has 102 valence electrons. The van der Waals surface area contributed by atoms with E-state index >= 15 is 0 Å². The first-order valence-corrected chi connectivity index (χ1v) is 7.89. The molecule has 0 radical (unpaired) electrons. The van der Waals surface area contributed by atoms with Gasteiger partial charge in [0.1, 0.15) is 11.1 Å². The number of hydrogen-bond donors (Lipinski definition) is 1. The lowest BCUT2D eigenvalue weighted by Crippen LogP contribution is -2.15. The number of ether oxygens (including phenoxy) is 1. The second-order valence-corrected chi connectivity index (χ2v) is 6.04. The van der Waals surface area contributed by atoms with Gasteiger partial charge in [-0.05, 0) is 33.1 Å². The van der Waals surface area contributed by atoms with Crippen molar-refractivity contribution in [3.05, 3.63) is 15.6 Å². The van der Waals surface area contributed by atoms with Crippen molar-refractivity contribution in [2.24, 2.45) is 0 Å². The monoisotopic (exact) mass is 268 g/mol. The van der Waals surface area contributed by atoms with E-state index in [1.807, 2.05) is 18.3 Å². The lowest BCUT2D eigenvalue weighted by molar-refractivity contribution is 0.0761. The van der Waals surface area contributed by atoms with Crippen LogP contribution < -0.4 is 5.32 Å². The van der Waals surface area contributed by atoms with E-state index in [4.69, 9.17) is 9.72 Å². The smallest absolute Gasteiger partial charge is 0.122 e. The van der Waals surface area contributed by atoms with Crippen LogP contribution in [0.3, 0.4) is 0 Å². The first-order chi connectivity index (χ1) is 8.74. The van der Waals surface area contributed by atoms with Crippen LogP contribution in [0.2, 0.25) is 0 Å². The van der Waals surface area contributed by atoms with Crippen molar-refractivity contribution in [2.75, 3.05) is 6.61 Å². The van der Waals surface area contributed by atoms with Crippen molar-refractivity contribution in [3.8, 4) is 0 Å². The molecule has 0 spiro atoms. The summed E-state index contributed by atoms with van der Waals surface area (Å²) in [6, 6.07) is 0.759. The van der Waals surface area contributed by atoms with Gasteiger partial charge in [-0.3, -0.25) is 0 Å². The summed E-state index contributed by atoms with van der Waals surface area (Å²) >= 11 is 1.82. The zero-order chi connectivity index (χ0) is 13.0. The van der Waals surface area contributed by atoms with Crippen molar-refractivity contribution in [1.82, 2.24) is 10.3 Å². The molecule has 1 aliphatic carbocycles. The predicted octanol–water partition coefficient (Wildman–Crippen LogP) is 3.45. The molecule has 1 aliphatic rings. The van der Waals surface area contributed by atoms with Crippen molar-refractivity contribution in [1.29, 1.82) is 0 Å². The lowest BCUT2D eigenvalue weighted by atomic mass is 10.2. The molecule has 0 aromatic carbocycles. The Labute approximate surface area is 114 Å². The van der Waals surface area contributed by atoms with E-state index in [9.17, 15) is 0 Å². The number of thiazole rings is 1.